The maximum atomic E-state index is 12.6. The summed E-state index contributed by atoms with van der Waals surface area (Å²) in [5, 5.41) is 7.02. The van der Waals surface area contributed by atoms with Crippen molar-refractivity contribution in [1.29, 1.82) is 0 Å². The second-order valence-electron chi connectivity index (χ2n) is 6.13. The molecule has 1 amide bonds. The molecule has 0 aliphatic heterocycles. The van der Waals surface area contributed by atoms with E-state index in [1.807, 2.05) is 32.9 Å². The van der Waals surface area contributed by atoms with Crippen LogP contribution in [0, 0.1) is 27.7 Å². The van der Waals surface area contributed by atoms with Crippen molar-refractivity contribution in [3.63, 3.8) is 0 Å². The molecule has 5 nitrogen and oxygen atoms in total. The zero-order valence-electron chi connectivity index (χ0n) is 14.5. The van der Waals surface area contributed by atoms with Crippen molar-refractivity contribution in [2.45, 2.75) is 40.7 Å². The van der Waals surface area contributed by atoms with Gasteiger partial charge in [0.1, 0.15) is 5.56 Å². The minimum atomic E-state index is -0.377. The van der Waals surface area contributed by atoms with E-state index in [4.69, 9.17) is 0 Å². The molecule has 1 N–H and O–H groups in total. The number of rotatable bonds is 3. The monoisotopic (exact) mass is 313 g/mol. The summed E-state index contributed by atoms with van der Waals surface area (Å²) in [4.78, 5) is 24.8. The molecule has 0 unspecified atom stereocenters. The van der Waals surface area contributed by atoms with Gasteiger partial charge in [-0.15, -0.1) is 0 Å². The Bertz CT molecular complexity index is 801. The first kappa shape index (κ1) is 16.9. The second kappa shape index (κ2) is 6.36. The van der Waals surface area contributed by atoms with Crippen molar-refractivity contribution in [1.82, 2.24) is 15.1 Å². The predicted octanol–water partition coefficient (Wildman–Crippen LogP) is 2.50. The lowest BCUT2D eigenvalue weighted by Gasteiger charge is -2.17. The standard InChI is InChI=1S/C18H23N3O2/c1-10-7-11(2)9-15(8-10)14(5)19-17(22)16-12(3)13(4)20-21(6)18(16)23/h7-9,14H,1-6H3,(H,19,22)/t14-/m1/s1. The third kappa shape index (κ3) is 3.50. The van der Waals surface area contributed by atoms with E-state index in [0.29, 0.717) is 11.3 Å². The Morgan fingerprint density at radius 3 is 2.26 bits per heavy atom. The van der Waals surface area contributed by atoms with E-state index in [1.54, 1.807) is 20.9 Å². The first-order valence-electron chi connectivity index (χ1n) is 7.64. The summed E-state index contributed by atoms with van der Waals surface area (Å²) < 4.78 is 1.21. The molecule has 0 saturated carbocycles. The molecule has 23 heavy (non-hydrogen) atoms. The summed E-state index contributed by atoms with van der Waals surface area (Å²) in [6, 6.07) is 5.99. The molecule has 1 atom stereocenters. The van der Waals surface area contributed by atoms with Crippen molar-refractivity contribution < 1.29 is 4.79 Å². The molecule has 5 heteroatoms. The SMILES string of the molecule is Cc1cc(C)cc([C@@H](C)NC(=O)c2c(C)c(C)nn(C)c2=O)c1. The molecule has 0 spiro atoms. The Balaban J connectivity index is 2.34. The smallest absolute Gasteiger partial charge is 0.279 e. The largest absolute Gasteiger partial charge is 0.345 e. The van der Waals surface area contributed by atoms with Gasteiger partial charge in [-0.25, -0.2) is 4.68 Å². The number of hydrogen-bond donors (Lipinski definition) is 1. The fourth-order valence-corrected chi connectivity index (χ4v) is 2.73. The molecule has 0 aliphatic carbocycles. The number of hydrogen-bond acceptors (Lipinski definition) is 3. The number of benzene rings is 1. The maximum Gasteiger partial charge on any atom is 0.279 e. The van der Waals surface area contributed by atoms with Gasteiger partial charge < -0.3 is 5.32 Å². The van der Waals surface area contributed by atoms with E-state index < -0.39 is 0 Å². The van der Waals surface area contributed by atoms with E-state index in [0.717, 1.165) is 16.7 Å². The molecule has 0 fully saturated rings. The van der Waals surface area contributed by atoms with E-state index in [2.05, 4.69) is 16.5 Å². The number of aromatic nitrogens is 2. The van der Waals surface area contributed by atoms with Gasteiger partial charge >= 0.3 is 0 Å². The Morgan fingerprint density at radius 1 is 1.13 bits per heavy atom. The number of amides is 1. The van der Waals surface area contributed by atoms with Gasteiger partial charge in [-0.1, -0.05) is 29.3 Å². The van der Waals surface area contributed by atoms with Gasteiger partial charge in [0.2, 0.25) is 0 Å². The zero-order chi connectivity index (χ0) is 17.3. The van der Waals surface area contributed by atoms with Crippen LogP contribution >= 0.6 is 0 Å². The normalized spacial score (nSPS) is 12.1. The van der Waals surface area contributed by atoms with Crippen LogP contribution in [0.15, 0.2) is 23.0 Å². The molecule has 1 heterocycles. The number of carbonyl (C=O) groups excluding carboxylic acids is 1. The highest BCUT2D eigenvalue weighted by molar-refractivity contribution is 5.95. The highest BCUT2D eigenvalue weighted by atomic mass is 16.2. The van der Waals surface area contributed by atoms with Gasteiger partial charge in [-0.2, -0.15) is 5.10 Å². The van der Waals surface area contributed by atoms with Gasteiger partial charge in [0, 0.05) is 7.05 Å². The fourth-order valence-electron chi connectivity index (χ4n) is 2.73. The van der Waals surface area contributed by atoms with E-state index >= 15 is 0 Å². The second-order valence-corrected chi connectivity index (χ2v) is 6.13. The van der Waals surface area contributed by atoms with E-state index in [9.17, 15) is 9.59 Å². The molecule has 0 bridgehead atoms. The highest BCUT2D eigenvalue weighted by Gasteiger charge is 2.20. The molecule has 0 saturated heterocycles. The quantitative estimate of drug-likeness (QED) is 0.947. The zero-order valence-corrected chi connectivity index (χ0v) is 14.5. The van der Waals surface area contributed by atoms with Crippen LogP contribution < -0.4 is 10.9 Å². The van der Waals surface area contributed by atoms with Crippen LogP contribution in [0.1, 0.15) is 51.3 Å². The van der Waals surface area contributed by atoms with E-state index in [1.165, 1.54) is 4.68 Å². The number of carbonyl (C=O) groups is 1. The molecule has 1 aromatic carbocycles. The molecule has 122 valence electrons. The lowest BCUT2D eigenvalue weighted by Crippen LogP contribution is -2.36. The Morgan fingerprint density at radius 2 is 1.70 bits per heavy atom. The third-order valence-electron chi connectivity index (χ3n) is 4.04. The van der Waals surface area contributed by atoms with Crippen molar-refractivity contribution in [2.24, 2.45) is 7.05 Å². The van der Waals surface area contributed by atoms with Crippen LogP contribution in [0.4, 0.5) is 0 Å². The van der Waals surface area contributed by atoms with Crippen molar-refractivity contribution >= 4 is 5.91 Å². The number of nitrogens with zero attached hydrogens (tertiary/aromatic N) is 2. The van der Waals surface area contributed by atoms with Crippen molar-refractivity contribution in [3.05, 3.63) is 62.1 Å². The fraction of sp³-hybridized carbons (Fsp3) is 0.389. The Hall–Kier alpha value is -2.43. The number of nitrogens with one attached hydrogen (secondary N) is 1. The molecule has 2 rings (SSSR count). The van der Waals surface area contributed by atoms with Crippen LogP contribution in [0.5, 0.6) is 0 Å². The maximum absolute atomic E-state index is 12.6. The average molecular weight is 313 g/mol. The van der Waals surface area contributed by atoms with Crippen molar-refractivity contribution in [3.8, 4) is 0 Å². The van der Waals surface area contributed by atoms with Crippen LogP contribution in [0.25, 0.3) is 0 Å². The molecular formula is C18H23N3O2. The number of aryl methyl sites for hydroxylation is 4. The Labute approximate surface area is 136 Å². The van der Waals surface area contributed by atoms with Crippen LogP contribution in [0.2, 0.25) is 0 Å². The van der Waals surface area contributed by atoms with Crippen LogP contribution in [-0.4, -0.2) is 15.7 Å². The van der Waals surface area contributed by atoms with Crippen LogP contribution in [-0.2, 0) is 7.05 Å². The summed E-state index contributed by atoms with van der Waals surface area (Å²) in [5.74, 6) is -0.361. The highest BCUT2D eigenvalue weighted by Crippen LogP contribution is 2.17. The molecule has 1 aromatic heterocycles. The minimum absolute atomic E-state index is 0.163. The van der Waals surface area contributed by atoms with Gasteiger partial charge in [-0.3, -0.25) is 9.59 Å². The molecule has 0 radical (unpaired) electrons. The molecule has 2 aromatic rings. The lowest BCUT2D eigenvalue weighted by molar-refractivity contribution is 0.0936. The summed E-state index contributed by atoms with van der Waals surface area (Å²) in [6.07, 6.45) is 0. The van der Waals surface area contributed by atoms with Crippen molar-refractivity contribution in [2.75, 3.05) is 0 Å². The summed E-state index contributed by atoms with van der Waals surface area (Å²) in [5.41, 5.74) is 4.40. The topological polar surface area (TPSA) is 64.0 Å². The van der Waals surface area contributed by atoms with Gasteiger partial charge in [-0.05, 0) is 45.7 Å². The summed E-state index contributed by atoms with van der Waals surface area (Å²) >= 11 is 0. The summed E-state index contributed by atoms with van der Waals surface area (Å²) in [7, 11) is 1.55. The first-order valence-corrected chi connectivity index (χ1v) is 7.64. The lowest BCUT2D eigenvalue weighted by atomic mass is 10.0. The van der Waals surface area contributed by atoms with Gasteiger partial charge in [0.25, 0.3) is 11.5 Å². The van der Waals surface area contributed by atoms with Gasteiger partial charge in [0.15, 0.2) is 0 Å². The Kier molecular flexibility index (Phi) is 4.68. The average Bonchev–Trinajstić information content (AvgIpc) is 2.44. The van der Waals surface area contributed by atoms with Gasteiger partial charge in [0.05, 0.1) is 11.7 Å². The minimum Gasteiger partial charge on any atom is -0.345 e. The first-order chi connectivity index (χ1) is 10.7. The van der Waals surface area contributed by atoms with Crippen LogP contribution in [0.3, 0.4) is 0 Å². The third-order valence-corrected chi connectivity index (χ3v) is 4.04. The van der Waals surface area contributed by atoms with E-state index in [-0.39, 0.29) is 23.1 Å². The molecular weight excluding hydrogens is 290 g/mol. The predicted molar refractivity (Wildman–Crippen MR) is 90.7 cm³/mol. The summed E-state index contributed by atoms with van der Waals surface area (Å²) in [6.45, 7) is 9.51. The molecule has 0 aliphatic rings.